The normalized spacial score (nSPS) is 11.8. The first-order valence-electron chi connectivity index (χ1n) is 10.2. The number of aryl methyl sites for hydroxylation is 1. The van der Waals surface area contributed by atoms with E-state index in [4.69, 9.17) is 16.6 Å². The van der Waals surface area contributed by atoms with Crippen LogP contribution >= 0.6 is 11.6 Å². The molecule has 2 aromatic carbocycles. The molecule has 2 aromatic heterocycles. The van der Waals surface area contributed by atoms with Crippen LogP contribution < -0.4 is 5.32 Å². The Balaban J connectivity index is 1.31. The van der Waals surface area contributed by atoms with Crippen LogP contribution in [-0.4, -0.2) is 16.5 Å². The van der Waals surface area contributed by atoms with Gasteiger partial charge in [0.2, 0.25) is 0 Å². The van der Waals surface area contributed by atoms with Crippen molar-refractivity contribution in [1.82, 2.24) is 15.3 Å². The molecule has 0 aliphatic heterocycles. The van der Waals surface area contributed by atoms with Crippen LogP contribution in [0, 0.1) is 12.7 Å². The smallest absolute Gasteiger partial charge is 0.123 e. The van der Waals surface area contributed by atoms with Gasteiger partial charge in [0.25, 0.3) is 0 Å². The number of halogens is 2. The van der Waals surface area contributed by atoms with Crippen LogP contribution in [0.2, 0.25) is 5.02 Å². The Hall–Kier alpha value is -3.33. The number of hydrogen-bond acceptors (Lipinski definition) is 2. The van der Waals surface area contributed by atoms with E-state index >= 15 is 0 Å². The van der Waals surface area contributed by atoms with Crippen LogP contribution in [-0.2, 0) is 12.8 Å². The summed E-state index contributed by atoms with van der Waals surface area (Å²) >= 11 is 6.18. The molecule has 0 bridgehead atoms. The Bertz CT molecular complexity index is 1360. The third-order valence-corrected chi connectivity index (χ3v) is 5.89. The second-order valence-electron chi connectivity index (χ2n) is 7.88. The minimum absolute atomic E-state index is 0.233. The first kappa shape index (κ1) is 19.6. The van der Waals surface area contributed by atoms with Gasteiger partial charge in [-0.25, -0.2) is 4.39 Å². The van der Waals surface area contributed by atoms with Crippen molar-refractivity contribution < 1.29 is 4.39 Å². The Morgan fingerprint density at radius 2 is 2.03 bits per heavy atom. The zero-order valence-corrected chi connectivity index (χ0v) is 17.9. The highest BCUT2D eigenvalue weighted by Gasteiger charge is 2.24. The van der Waals surface area contributed by atoms with Gasteiger partial charge in [-0.05, 0) is 72.1 Å². The molecule has 0 radical (unpaired) electrons. The van der Waals surface area contributed by atoms with E-state index in [1.54, 1.807) is 12.1 Å². The highest BCUT2D eigenvalue weighted by Crippen LogP contribution is 2.37. The van der Waals surface area contributed by atoms with Gasteiger partial charge in [-0.1, -0.05) is 18.2 Å². The molecule has 4 aromatic rings. The second-order valence-corrected chi connectivity index (χ2v) is 8.32. The molecule has 0 saturated carbocycles. The van der Waals surface area contributed by atoms with Crippen molar-refractivity contribution in [3.8, 4) is 11.3 Å². The van der Waals surface area contributed by atoms with Crippen molar-refractivity contribution >= 4 is 28.2 Å². The van der Waals surface area contributed by atoms with E-state index in [-0.39, 0.29) is 5.82 Å². The number of rotatable bonds is 6. The predicted octanol–water partition coefficient (Wildman–Crippen LogP) is 6.19. The van der Waals surface area contributed by atoms with Crippen molar-refractivity contribution in [2.75, 3.05) is 6.54 Å². The number of aromatic amines is 1. The number of H-pyrrole nitrogens is 1. The second kappa shape index (κ2) is 7.73. The van der Waals surface area contributed by atoms with Crippen LogP contribution in [0.25, 0.3) is 27.9 Å². The number of aromatic nitrogens is 2. The van der Waals surface area contributed by atoms with Crippen molar-refractivity contribution in [3.63, 3.8) is 0 Å². The topological polar surface area (TPSA) is 40.7 Å². The summed E-state index contributed by atoms with van der Waals surface area (Å²) in [7, 11) is 0. The van der Waals surface area contributed by atoms with Gasteiger partial charge in [-0.2, -0.15) is 0 Å². The summed E-state index contributed by atoms with van der Waals surface area (Å²) in [4.78, 5) is 8.24. The summed E-state index contributed by atoms with van der Waals surface area (Å²) < 4.78 is 13.3. The Morgan fingerprint density at radius 3 is 2.81 bits per heavy atom. The average molecular weight is 430 g/mol. The van der Waals surface area contributed by atoms with Gasteiger partial charge in [-0.15, -0.1) is 5.73 Å². The third kappa shape index (κ3) is 3.88. The van der Waals surface area contributed by atoms with Gasteiger partial charge >= 0.3 is 0 Å². The van der Waals surface area contributed by atoms with Gasteiger partial charge in [-0.3, -0.25) is 4.98 Å². The molecule has 1 aliphatic carbocycles. The fourth-order valence-electron chi connectivity index (χ4n) is 4.02. The third-order valence-electron chi connectivity index (χ3n) is 5.67. The van der Waals surface area contributed by atoms with Crippen molar-refractivity contribution in [2.24, 2.45) is 0 Å². The minimum atomic E-state index is -0.233. The maximum Gasteiger partial charge on any atom is 0.123 e. The number of pyridine rings is 1. The summed E-state index contributed by atoms with van der Waals surface area (Å²) in [5, 5.41) is 5.26. The van der Waals surface area contributed by atoms with E-state index in [2.05, 4.69) is 34.7 Å². The van der Waals surface area contributed by atoms with E-state index in [0.29, 0.717) is 11.6 Å². The standard InChI is InChI=1S/C26H21ClFN3/c1-3-23(25-14-21-15(2)10-18(27)13-24(21)31-25)29-9-8-20-11-17-12-22(17)26(30-20)16-4-6-19(28)7-5-16/h4-7,10-11,13-14,29,31H,1,8-9,12H2,2H3. The molecule has 0 atom stereocenters. The molecule has 5 rings (SSSR count). The summed E-state index contributed by atoms with van der Waals surface area (Å²) in [6, 6.07) is 14.7. The molecule has 2 heterocycles. The highest BCUT2D eigenvalue weighted by atomic mass is 35.5. The van der Waals surface area contributed by atoms with Gasteiger partial charge in [0, 0.05) is 46.6 Å². The van der Waals surface area contributed by atoms with Crippen LogP contribution in [0.5, 0.6) is 0 Å². The fourth-order valence-corrected chi connectivity index (χ4v) is 4.29. The van der Waals surface area contributed by atoms with Crippen molar-refractivity contribution in [1.29, 1.82) is 0 Å². The average Bonchev–Trinajstić information content (AvgIpc) is 3.41. The SMILES string of the molecule is C=C=C(NCCc1cc2c(c(-c3ccc(F)cc3)n1)C2)c1cc2c(C)cc(Cl)cc2[nH]1. The molecular weight excluding hydrogens is 409 g/mol. The van der Waals surface area contributed by atoms with E-state index in [1.165, 1.54) is 23.3 Å². The zero-order chi connectivity index (χ0) is 21.5. The monoisotopic (exact) mass is 429 g/mol. The Labute approximate surface area is 185 Å². The molecule has 31 heavy (non-hydrogen) atoms. The van der Waals surface area contributed by atoms with Gasteiger partial charge in [0.1, 0.15) is 11.5 Å². The lowest BCUT2D eigenvalue weighted by atomic mass is 10.1. The minimum Gasteiger partial charge on any atom is -0.377 e. The predicted molar refractivity (Wildman–Crippen MR) is 125 cm³/mol. The van der Waals surface area contributed by atoms with Crippen LogP contribution in [0.3, 0.4) is 0 Å². The number of nitrogens with one attached hydrogen (secondary N) is 2. The first-order valence-corrected chi connectivity index (χ1v) is 10.6. The lowest BCUT2D eigenvalue weighted by Crippen LogP contribution is -2.16. The Morgan fingerprint density at radius 1 is 1.23 bits per heavy atom. The molecule has 154 valence electrons. The summed E-state index contributed by atoms with van der Waals surface area (Å²) in [5.74, 6) is -0.233. The van der Waals surface area contributed by atoms with E-state index < -0.39 is 0 Å². The molecule has 1 aliphatic rings. The number of nitrogens with zero attached hydrogens (tertiary/aromatic N) is 1. The Kier molecular flexibility index (Phi) is 4.90. The lowest BCUT2D eigenvalue weighted by molar-refractivity contribution is 0.628. The van der Waals surface area contributed by atoms with E-state index in [1.807, 2.05) is 19.1 Å². The van der Waals surface area contributed by atoms with Crippen LogP contribution in [0.15, 0.2) is 60.8 Å². The summed E-state index contributed by atoms with van der Waals surface area (Å²) in [6.07, 6.45) is 1.72. The molecule has 0 spiro atoms. The highest BCUT2D eigenvalue weighted by molar-refractivity contribution is 6.31. The van der Waals surface area contributed by atoms with Gasteiger partial charge < -0.3 is 10.3 Å². The fraction of sp³-hybridized carbons (Fsp3) is 0.154. The summed E-state index contributed by atoms with van der Waals surface area (Å²) in [5.41, 5.74) is 12.4. The molecular formula is C26H21ClFN3. The molecule has 5 heteroatoms. The molecule has 2 N–H and O–H groups in total. The maximum absolute atomic E-state index is 13.3. The summed E-state index contributed by atoms with van der Waals surface area (Å²) in [6.45, 7) is 6.58. The number of fused-ring (bicyclic) bond motifs is 2. The van der Waals surface area contributed by atoms with Crippen molar-refractivity contribution in [3.05, 3.63) is 99.8 Å². The zero-order valence-electron chi connectivity index (χ0n) is 17.2. The molecule has 0 amide bonds. The lowest BCUT2D eigenvalue weighted by Gasteiger charge is -2.08. The van der Waals surface area contributed by atoms with Crippen molar-refractivity contribution in [2.45, 2.75) is 19.8 Å². The number of benzene rings is 2. The van der Waals surface area contributed by atoms with Gasteiger partial charge in [0.15, 0.2) is 0 Å². The first-order chi connectivity index (χ1) is 15.0. The largest absolute Gasteiger partial charge is 0.377 e. The maximum atomic E-state index is 13.3. The molecule has 0 saturated heterocycles. The number of hydrogen-bond donors (Lipinski definition) is 2. The molecule has 0 fully saturated rings. The molecule has 0 unspecified atom stereocenters. The van der Waals surface area contributed by atoms with Crippen LogP contribution in [0.1, 0.15) is 28.1 Å². The van der Waals surface area contributed by atoms with E-state index in [9.17, 15) is 4.39 Å². The van der Waals surface area contributed by atoms with Gasteiger partial charge in [0.05, 0.1) is 11.4 Å². The quantitative estimate of drug-likeness (QED) is 0.316. The molecule has 3 nitrogen and oxygen atoms in total. The van der Waals surface area contributed by atoms with Crippen LogP contribution in [0.4, 0.5) is 4.39 Å². The van der Waals surface area contributed by atoms with E-state index in [0.717, 1.165) is 57.7 Å².